The van der Waals surface area contributed by atoms with Crippen LogP contribution in [0.15, 0.2) is 28.7 Å². The first-order chi connectivity index (χ1) is 7.72. The molecule has 0 aromatic heterocycles. The van der Waals surface area contributed by atoms with Crippen LogP contribution in [0.2, 0.25) is 0 Å². The van der Waals surface area contributed by atoms with Gasteiger partial charge in [0.15, 0.2) is 0 Å². The zero-order chi connectivity index (χ0) is 11.8. The molecular formula is C13H18BrNO. The molecule has 0 aliphatic carbocycles. The third-order valence-electron chi connectivity index (χ3n) is 2.47. The monoisotopic (exact) mass is 283 g/mol. The molecule has 0 fully saturated rings. The van der Waals surface area contributed by atoms with Crippen LogP contribution in [-0.4, -0.2) is 12.3 Å². The lowest BCUT2D eigenvalue weighted by molar-refractivity contribution is -0.118. The molecule has 0 aliphatic heterocycles. The molecule has 0 spiro atoms. The number of halogens is 1. The van der Waals surface area contributed by atoms with Crippen LogP contribution >= 0.6 is 15.9 Å². The van der Waals surface area contributed by atoms with Gasteiger partial charge in [0.1, 0.15) is 5.78 Å². The van der Waals surface area contributed by atoms with Crippen molar-refractivity contribution in [3.8, 4) is 0 Å². The van der Waals surface area contributed by atoms with E-state index in [1.165, 1.54) is 0 Å². The first kappa shape index (κ1) is 13.4. The largest absolute Gasteiger partial charge is 0.330 e. The molecule has 0 saturated heterocycles. The second-order valence-corrected chi connectivity index (χ2v) is 4.86. The van der Waals surface area contributed by atoms with Crippen molar-refractivity contribution in [3.63, 3.8) is 0 Å². The van der Waals surface area contributed by atoms with Crippen molar-refractivity contribution in [2.45, 2.75) is 32.1 Å². The van der Waals surface area contributed by atoms with Gasteiger partial charge in [-0.2, -0.15) is 0 Å². The topological polar surface area (TPSA) is 43.1 Å². The van der Waals surface area contributed by atoms with Crippen molar-refractivity contribution in [3.05, 3.63) is 34.3 Å². The van der Waals surface area contributed by atoms with Gasteiger partial charge in [-0.1, -0.05) is 34.5 Å². The van der Waals surface area contributed by atoms with E-state index in [2.05, 4.69) is 15.9 Å². The fourth-order valence-electron chi connectivity index (χ4n) is 1.56. The van der Waals surface area contributed by atoms with Gasteiger partial charge in [-0.25, -0.2) is 0 Å². The summed E-state index contributed by atoms with van der Waals surface area (Å²) in [5.74, 6) is 0.319. The molecule has 16 heavy (non-hydrogen) atoms. The van der Waals surface area contributed by atoms with E-state index in [0.717, 1.165) is 35.8 Å². The first-order valence-electron chi connectivity index (χ1n) is 5.68. The van der Waals surface area contributed by atoms with Crippen molar-refractivity contribution in [2.75, 3.05) is 6.54 Å². The summed E-state index contributed by atoms with van der Waals surface area (Å²) in [6, 6.07) is 7.91. The third-order valence-corrected chi connectivity index (χ3v) is 3.00. The van der Waals surface area contributed by atoms with Gasteiger partial charge in [-0.15, -0.1) is 0 Å². The third kappa shape index (κ3) is 5.42. The first-order valence-corrected chi connectivity index (χ1v) is 6.48. The quantitative estimate of drug-likeness (QED) is 0.782. The number of benzene rings is 1. The van der Waals surface area contributed by atoms with Gasteiger partial charge in [0, 0.05) is 17.3 Å². The number of hydrogen-bond acceptors (Lipinski definition) is 2. The SMILES string of the molecule is NCCCCCC(=O)Cc1ccc(Br)cc1. The van der Waals surface area contributed by atoms with Crippen LogP contribution in [0.4, 0.5) is 0 Å². The number of rotatable bonds is 7. The van der Waals surface area contributed by atoms with Crippen LogP contribution in [0.3, 0.4) is 0 Å². The van der Waals surface area contributed by atoms with E-state index >= 15 is 0 Å². The van der Waals surface area contributed by atoms with Gasteiger partial charge in [-0.3, -0.25) is 4.79 Å². The summed E-state index contributed by atoms with van der Waals surface area (Å²) < 4.78 is 1.05. The van der Waals surface area contributed by atoms with E-state index in [4.69, 9.17) is 5.73 Å². The molecule has 3 heteroatoms. The minimum atomic E-state index is 0.319. The van der Waals surface area contributed by atoms with Crippen molar-refractivity contribution >= 4 is 21.7 Å². The number of Topliss-reactive ketones (excluding diaryl/α,β-unsaturated/α-hetero) is 1. The molecule has 0 atom stereocenters. The number of ketones is 1. The summed E-state index contributed by atoms with van der Waals surface area (Å²) in [5.41, 5.74) is 6.48. The van der Waals surface area contributed by atoms with Gasteiger partial charge in [0.2, 0.25) is 0 Å². The Morgan fingerprint density at radius 2 is 1.81 bits per heavy atom. The molecule has 0 bridgehead atoms. The molecule has 2 N–H and O–H groups in total. The minimum Gasteiger partial charge on any atom is -0.330 e. The van der Waals surface area contributed by atoms with E-state index < -0.39 is 0 Å². The number of unbranched alkanes of at least 4 members (excludes halogenated alkanes) is 2. The predicted octanol–water partition coefficient (Wildman–Crippen LogP) is 3.08. The number of nitrogens with two attached hydrogens (primary N) is 1. The lowest BCUT2D eigenvalue weighted by atomic mass is 10.0. The second kappa shape index (κ2) is 7.58. The molecule has 0 saturated carbocycles. The molecule has 0 aliphatic rings. The zero-order valence-electron chi connectivity index (χ0n) is 9.42. The standard InChI is InChI=1S/C13H18BrNO/c14-12-7-5-11(6-8-12)10-13(16)4-2-1-3-9-15/h5-8H,1-4,9-10,15H2. The second-order valence-electron chi connectivity index (χ2n) is 3.94. The molecule has 0 amide bonds. The summed E-state index contributed by atoms with van der Waals surface area (Å²) in [6.07, 6.45) is 4.27. The van der Waals surface area contributed by atoms with Crippen molar-refractivity contribution in [2.24, 2.45) is 5.73 Å². The van der Waals surface area contributed by atoms with Crippen LogP contribution in [0.5, 0.6) is 0 Å². The average Bonchev–Trinajstić information content (AvgIpc) is 2.28. The molecule has 1 aromatic carbocycles. The van der Waals surface area contributed by atoms with E-state index in [1.807, 2.05) is 24.3 Å². The molecule has 0 heterocycles. The van der Waals surface area contributed by atoms with Gasteiger partial charge in [0.25, 0.3) is 0 Å². The summed E-state index contributed by atoms with van der Waals surface area (Å²) >= 11 is 3.37. The fourth-order valence-corrected chi connectivity index (χ4v) is 1.83. The Balaban J connectivity index is 2.26. The highest BCUT2D eigenvalue weighted by Gasteiger charge is 2.03. The number of carbonyl (C=O) groups excluding carboxylic acids is 1. The Morgan fingerprint density at radius 3 is 2.44 bits per heavy atom. The van der Waals surface area contributed by atoms with Crippen LogP contribution in [0, 0.1) is 0 Å². The molecule has 88 valence electrons. The average molecular weight is 284 g/mol. The Kier molecular flexibility index (Phi) is 6.34. The summed E-state index contributed by atoms with van der Waals surface area (Å²) in [4.78, 5) is 11.6. The van der Waals surface area contributed by atoms with Gasteiger partial charge < -0.3 is 5.73 Å². The normalized spacial score (nSPS) is 10.4. The van der Waals surface area contributed by atoms with Crippen molar-refractivity contribution in [1.29, 1.82) is 0 Å². The Bertz CT molecular complexity index is 321. The van der Waals surface area contributed by atoms with Gasteiger partial charge in [0.05, 0.1) is 0 Å². The number of hydrogen-bond donors (Lipinski definition) is 1. The maximum atomic E-state index is 11.6. The maximum absolute atomic E-state index is 11.6. The van der Waals surface area contributed by atoms with Crippen LogP contribution in [0.1, 0.15) is 31.2 Å². The van der Waals surface area contributed by atoms with Crippen LogP contribution in [0.25, 0.3) is 0 Å². The summed E-state index contributed by atoms with van der Waals surface area (Å²) in [6.45, 7) is 0.723. The number of carbonyl (C=O) groups is 1. The summed E-state index contributed by atoms with van der Waals surface area (Å²) in [5, 5.41) is 0. The van der Waals surface area contributed by atoms with Gasteiger partial charge in [-0.05, 0) is 37.1 Å². The lowest BCUT2D eigenvalue weighted by Crippen LogP contribution is -2.03. The van der Waals surface area contributed by atoms with Gasteiger partial charge >= 0.3 is 0 Å². The fraction of sp³-hybridized carbons (Fsp3) is 0.462. The maximum Gasteiger partial charge on any atom is 0.137 e. The molecule has 1 aromatic rings. The molecule has 0 unspecified atom stereocenters. The molecular weight excluding hydrogens is 266 g/mol. The lowest BCUT2D eigenvalue weighted by Gasteiger charge is -2.01. The smallest absolute Gasteiger partial charge is 0.137 e. The molecule has 0 radical (unpaired) electrons. The highest BCUT2D eigenvalue weighted by Crippen LogP contribution is 2.12. The van der Waals surface area contributed by atoms with E-state index in [-0.39, 0.29) is 0 Å². The van der Waals surface area contributed by atoms with Crippen molar-refractivity contribution in [1.82, 2.24) is 0 Å². The van der Waals surface area contributed by atoms with E-state index in [0.29, 0.717) is 18.6 Å². The Hall–Kier alpha value is -0.670. The van der Waals surface area contributed by atoms with Crippen LogP contribution < -0.4 is 5.73 Å². The Morgan fingerprint density at radius 1 is 1.12 bits per heavy atom. The predicted molar refractivity (Wildman–Crippen MR) is 70.4 cm³/mol. The highest BCUT2D eigenvalue weighted by molar-refractivity contribution is 9.10. The molecule has 1 rings (SSSR count). The zero-order valence-corrected chi connectivity index (χ0v) is 11.0. The minimum absolute atomic E-state index is 0.319. The molecule has 2 nitrogen and oxygen atoms in total. The van der Waals surface area contributed by atoms with Crippen LogP contribution in [-0.2, 0) is 11.2 Å². The van der Waals surface area contributed by atoms with E-state index in [1.54, 1.807) is 0 Å². The Labute approximate surface area is 105 Å². The highest BCUT2D eigenvalue weighted by atomic mass is 79.9. The van der Waals surface area contributed by atoms with Crippen molar-refractivity contribution < 1.29 is 4.79 Å². The summed E-state index contributed by atoms with van der Waals surface area (Å²) in [7, 11) is 0. The van der Waals surface area contributed by atoms with E-state index in [9.17, 15) is 4.79 Å².